The van der Waals surface area contributed by atoms with E-state index in [1.807, 2.05) is 0 Å². The molecule has 0 saturated carbocycles. The Morgan fingerprint density at radius 2 is 0.500 bits per heavy atom. The minimum absolute atomic E-state index is 0.327. The zero-order valence-corrected chi connectivity index (χ0v) is 59.9. The number of anilines is 12. The number of hydrogen-bond donors (Lipinski definition) is 0. The normalized spacial score (nSPS) is 12.7. The largest absolute Gasteiger partial charge is 0.375 e. The summed E-state index contributed by atoms with van der Waals surface area (Å²) < 4.78 is 5.52. The van der Waals surface area contributed by atoms with Crippen LogP contribution in [0.1, 0.15) is 0 Å². The van der Waals surface area contributed by atoms with Crippen LogP contribution in [0.5, 0.6) is 0 Å². The van der Waals surface area contributed by atoms with Gasteiger partial charge in [-0.25, -0.2) is 0 Å². The maximum absolute atomic E-state index is 2.76. The molecule has 0 unspecified atom stereocenters. The fourth-order valence-electron chi connectivity index (χ4n) is 18.9. The first kappa shape index (κ1) is 61.9. The zero-order chi connectivity index (χ0) is 72.1. The van der Waals surface area contributed by atoms with Crippen LogP contribution in [0.3, 0.4) is 0 Å². The number of aromatic nitrogens is 2. The molecule has 0 aliphatic carbocycles. The second-order valence-electron chi connectivity index (χ2n) is 29.5. The highest BCUT2D eigenvalue weighted by atomic mass is 15.2. The Labute approximate surface area is 639 Å². The molecular weight excluding hydrogens is 1330 g/mol. The van der Waals surface area contributed by atoms with Crippen molar-refractivity contribution in [3.05, 3.63) is 400 Å². The number of para-hydroxylation sites is 6. The van der Waals surface area contributed by atoms with Crippen molar-refractivity contribution in [2.75, 3.05) is 19.6 Å². The number of benzene rings is 17. The van der Waals surface area contributed by atoms with E-state index < -0.39 is 0 Å². The molecule has 4 aliphatic rings. The van der Waals surface area contributed by atoms with Crippen LogP contribution in [0.4, 0.5) is 68.2 Å². The van der Waals surface area contributed by atoms with Crippen LogP contribution in [0.2, 0.25) is 0 Å². The molecule has 4 aliphatic heterocycles. The molecule has 6 nitrogen and oxygen atoms in total. The fraction of sp³-hybridized carbons (Fsp3) is 0. The third-order valence-electron chi connectivity index (χ3n) is 23.5. The minimum atomic E-state index is -0.327. The Bertz CT molecular complexity index is 6390. The summed E-state index contributed by atoms with van der Waals surface area (Å²) >= 11 is 0. The molecular formula is C102H66B2N6. The molecule has 510 valence electrons. The van der Waals surface area contributed by atoms with E-state index in [-0.39, 0.29) is 13.7 Å². The van der Waals surface area contributed by atoms with E-state index in [0.29, 0.717) is 0 Å². The third kappa shape index (κ3) is 9.46. The second-order valence-corrected chi connectivity index (χ2v) is 29.5. The molecule has 6 heterocycles. The molecule has 0 atom stereocenters. The second kappa shape index (κ2) is 24.6. The van der Waals surface area contributed by atoms with Crippen LogP contribution in [-0.4, -0.2) is 22.7 Å². The van der Waals surface area contributed by atoms with Gasteiger partial charge >= 0.3 is 13.7 Å². The van der Waals surface area contributed by atoms with Gasteiger partial charge in [-0.1, -0.05) is 249 Å². The lowest BCUT2D eigenvalue weighted by atomic mass is 9.41. The van der Waals surface area contributed by atoms with Crippen molar-refractivity contribution < 1.29 is 0 Å². The summed E-state index contributed by atoms with van der Waals surface area (Å²) in [4.78, 5) is 10.2. The van der Waals surface area contributed by atoms with Crippen molar-refractivity contribution in [2.24, 2.45) is 0 Å². The summed E-state index contributed by atoms with van der Waals surface area (Å²) in [6, 6.07) is 150. The highest BCUT2D eigenvalue weighted by Crippen LogP contribution is 2.55. The van der Waals surface area contributed by atoms with E-state index in [1.165, 1.54) is 132 Å². The van der Waals surface area contributed by atoms with Gasteiger partial charge in [0.05, 0.1) is 0 Å². The Morgan fingerprint density at radius 1 is 0.200 bits per heavy atom. The summed E-state index contributed by atoms with van der Waals surface area (Å²) in [6.07, 6.45) is 0. The monoisotopic (exact) mass is 1400 g/mol. The smallest absolute Gasteiger partial charge is 0.333 e. The third-order valence-corrected chi connectivity index (χ3v) is 23.5. The van der Waals surface area contributed by atoms with E-state index >= 15 is 0 Å². The standard InChI is InChI=1S/C102H66B2N6/c1-11-31-67(32-12-1)71-51-53-93-83(55-71)87-57-73(69-35-15-3-16-36-69)59-89-85-61-81(105(75-39-19-5-20-40-75)76-41-21-6-22-42-76)63-97-99(85)103(109(93)101(87)89)91-65-92-96(66-95(91)107(97)79-47-27-9-28-48-79)108(80-49-29-10-30-50-80)98-64-82(106(77-43-23-7-24-44-77)78-45-25-8-26-46-78)62-86-90-60-74(70-37-17-4-18-38-70)58-88-84-56-72(68-33-13-2-14-34-68)52-54-94(84)110(102(88)90)104(92)100(86)98/h1-66H. The average Bonchev–Trinajstić information content (AvgIpc) is 1.33. The highest BCUT2D eigenvalue weighted by Gasteiger charge is 2.49. The molecule has 0 amide bonds. The average molecular weight is 1400 g/mol. The number of fused-ring (bicyclic) bond motifs is 14. The van der Waals surface area contributed by atoms with Crippen molar-refractivity contribution in [1.29, 1.82) is 0 Å². The number of hydrogen-bond acceptors (Lipinski definition) is 4. The molecule has 19 aromatic rings. The topological polar surface area (TPSA) is 22.8 Å². The molecule has 0 radical (unpaired) electrons. The van der Waals surface area contributed by atoms with Crippen molar-refractivity contribution in [1.82, 2.24) is 8.96 Å². The van der Waals surface area contributed by atoms with Crippen LogP contribution in [0.25, 0.3) is 110 Å². The SMILES string of the molecule is c1ccc(-c2ccc3c(c2)c2cc(-c4ccccc4)cc4c2n3B2c3cc5c(cc3N(c3ccccc3)c3cc(N(c6ccccc6)c6ccccc6)cc-4c32)N(c2ccccc2)c2cc(N(c3ccccc3)c3ccccc3)cc3c2B5n2c4ccc(-c5ccccc5)cc4c4cc(-c5ccccc5)cc-3c42)cc1. The Morgan fingerprint density at radius 3 is 0.836 bits per heavy atom. The molecule has 23 rings (SSSR count). The van der Waals surface area contributed by atoms with Crippen molar-refractivity contribution in [2.45, 2.75) is 0 Å². The summed E-state index contributed by atoms with van der Waals surface area (Å²) in [5, 5.41) is 4.88. The van der Waals surface area contributed by atoms with Crippen molar-refractivity contribution >= 4 is 147 Å². The van der Waals surface area contributed by atoms with Gasteiger partial charge in [-0.3, -0.25) is 0 Å². The predicted molar refractivity (Wildman–Crippen MR) is 465 cm³/mol. The summed E-state index contributed by atoms with van der Waals surface area (Å²) in [7, 11) is 0. The van der Waals surface area contributed by atoms with E-state index in [2.05, 4.69) is 429 Å². The van der Waals surface area contributed by atoms with Crippen LogP contribution in [0.15, 0.2) is 400 Å². The predicted octanol–water partition coefficient (Wildman–Crippen LogP) is 24.3. The van der Waals surface area contributed by atoms with Gasteiger partial charge in [0.25, 0.3) is 0 Å². The minimum Gasteiger partial charge on any atom is -0.375 e. The molecule has 17 aromatic carbocycles. The van der Waals surface area contributed by atoms with Gasteiger partial charge in [-0.05, 0) is 229 Å². The summed E-state index contributed by atoms with van der Waals surface area (Å²) in [5.41, 5.74) is 37.0. The van der Waals surface area contributed by atoms with Gasteiger partial charge in [-0.15, -0.1) is 0 Å². The Hall–Kier alpha value is -14.3. The lowest BCUT2D eigenvalue weighted by Crippen LogP contribution is -2.61. The van der Waals surface area contributed by atoms with Gasteiger partial charge in [0, 0.05) is 123 Å². The van der Waals surface area contributed by atoms with Gasteiger partial charge in [0.1, 0.15) is 0 Å². The first-order valence-electron chi connectivity index (χ1n) is 38.1. The molecule has 8 heteroatoms. The maximum Gasteiger partial charge on any atom is 0.333 e. The zero-order valence-electron chi connectivity index (χ0n) is 59.9. The summed E-state index contributed by atoms with van der Waals surface area (Å²) in [5.74, 6) is 0. The molecule has 0 spiro atoms. The number of rotatable bonds is 12. The fourth-order valence-corrected chi connectivity index (χ4v) is 18.9. The van der Waals surface area contributed by atoms with E-state index in [0.717, 1.165) is 68.2 Å². The molecule has 0 N–H and O–H groups in total. The van der Waals surface area contributed by atoms with Gasteiger partial charge in [-0.2, -0.15) is 0 Å². The van der Waals surface area contributed by atoms with E-state index in [1.54, 1.807) is 0 Å². The molecule has 0 fully saturated rings. The number of nitrogens with zero attached hydrogens (tertiary/aromatic N) is 6. The lowest BCUT2D eigenvalue weighted by Gasteiger charge is -2.45. The Balaban J connectivity index is 0.885. The van der Waals surface area contributed by atoms with Crippen LogP contribution >= 0.6 is 0 Å². The molecule has 110 heavy (non-hydrogen) atoms. The van der Waals surface area contributed by atoms with Crippen LogP contribution in [-0.2, 0) is 0 Å². The van der Waals surface area contributed by atoms with Gasteiger partial charge < -0.3 is 28.6 Å². The molecule has 2 aromatic heterocycles. The van der Waals surface area contributed by atoms with Crippen LogP contribution < -0.4 is 41.5 Å². The van der Waals surface area contributed by atoms with Crippen molar-refractivity contribution in [3.63, 3.8) is 0 Å². The molecule has 0 bridgehead atoms. The summed E-state index contributed by atoms with van der Waals surface area (Å²) in [6.45, 7) is -0.654. The van der Waals surface area contributed by atoms with E-state index in [9.17, 15) is 0 Å². The quantitative estimate of drug-likeness (QED) is 0.114. The van der Waals surface area contributed by atoms with Gasteiger partial charge in [0.2, 0.25) is 0 Å². The molecule has 0 saturated heterocycles. The van der Waals surface area contributed by atoms with Crippen molar-refractivity contribution in [3.8, 4) is 66.8 Å². The first-order chi connectivity index (χ1) is 54.6. The Kier molecular flexibility index (Phi) is 13.9. The van der Waals surface area contributed by atoms with Gasteiger partial charge in [0.15, 0.2) is 0 Å². The van der Waals surface area contributed by atoms with E-state index in [4.69, 9.17) is 0 Å². The highest BCUT2D eigenvalue weighted by molar-refractivity contribution is 6.93. The lowest BCUT2D eigenvalue weighted by molar-refractivity contribution is 1.21. The van der Waals surface area contributed by atoms with Crippen LogP contribution in [0, 0.1) is 0 Å². The maximum atomic E-state index is 2.76. The first-order valence-corrected chi connectivity index (χ1v) is 38.1.